The summed E-state index contributed by atoms with van der Waals surface area (Å²) in [6.45, 7) is 10.2. The minimum absolute atomic E-state index is 0.237. The Kier molecular flexibility index (Phi) is 4.28. The lowest BCUT2D eigenvalue weighted by atomic mass is 9.98. The standard InChI is InChI=1S/C15H25N5O2/c1-6-15(22,7-2)9-16-13-18-11-10(12(21)19-13)8-17-20(11)14(3,4)5/h8,22H,6-7,9H2,1-5H3,(H2,16,18,19,21). The fraction of sp³-hybridized carbons (Fsp3) is 0.667. The lowest BCUT2D eigenvalue weighted by Gasteiger charge is -2.25. The van der Waals surface area contributed by atoms with Crippen molar-refractivity contribution < 1.29 is 5.11 Å². The Bertz CT molecular complexity index is 707. The summed E-state index contributed by atoms with van der Waals surface area (Å²) in [6.07, 6.45) is 2.79. The van der Waals surface area contributed by atoms with Crippen molar-refractivity contribution in [2.75, 3.05) is 11.9 Å². The maximum atomic E-state index is 12.2. The van der Waals surface area contributed by atoms with E-state index in [1.807, 2.05) is 34.6 Å². The molecule has 122 valence electrons. The summed E-state index contributed by atoms with van der Waals surface area (Å²) in [5.41, 5.74) is -0.777. The van der Waals surface area contributed by atoms with Gasteiger partial charge in [-0.3, -0.25) is 9.78 Å². The molecular formula is C15H25N5O2. The molecule has 0 saturated heterocycles. The van der Waals surface area contributed by atoms with Gasteiger partial charge in [0.2, 0.25) is 5.95 Å². The quantitative estimate of drug-likeness (QED) is 0.783. The van der Waals surface area contributed by atoms with E-state index in [1.54, 1.807) is 4.68 Å². The molecule has 0 amide bonds. The monoisotopic (exact) mass is 307 g/mol. The van der Waals surface area contributed by atoms with Gasteiger partial charge < -0.3 is 10.4 Å². The van der Waals surface area contributed by atoms with Gasteiger partial charge in [-0.25, -0.2) is 4.68 Å². The first-order chi connectivity index (χ1) is 10.2. The number of hydrogen-bond acceptors (Lipinski definition) is 5. The Balaban J connectivity index is 2.38. The molecule has 2 aromatic rings. The van der Waals surface area contributed by atoms with Crippen LogP contribution < -0.4 is 10.9 Å². The average molecular weight is 307 g/mol. The number of aliphatic hydroxyl groups is 1. The Hall–Kier alpha value is -1.89. The first-order valence-electron chi connectivity index (χ1n) is 7.65. The van der Waals surface area contributed by atoms with Crippen LogP contribution in [0.15, 0.2) is 11.0 Å². The van der Waals surface area contributed by atoms with Crippen LogP contribution in [0.5, 0.6) is 0 Å². The lowest BCUT2D eigenvalue weighted by molar-refractivity contribution is 0.0455. The fourth-order valence-electron chi connectivity index (χ4n) is 2.24. The number of hydrogen-bond donors (Lipinski definition) is 3. The summed E-state index contributed by atoms with van der Waals surface area (Å²) in [5, 5.41) is 18.1. The van der Waals surface area contributed by atoms with Crippen LogP contribution in [0.25, 0.3) is 11.0 Å². The molecule has 3 N–H and O–H groups in total. The summed E-state index contributed by atoms with van der Waals surface area (Å²) < 4.78 is 1.73. The normalized spacial score (nSPS) is 12.8. The molecule has 2 rings (SSSR count). The van der Waals surface area contributed by atoms with Gasteiger partial charge in [-0.15, -0.1) is 0 Å². The second-order valence-corrected chi connectivity index (χ2v) is 6.66. The summed E-state index contributed by atoms with van der Waals surface area (Å²) >= 11 is 0. The van der Waals surface area contributed by atoms with E-state index in [9.17, 15) is 9.90 Å². The van der Waals surface area contributed by atoms with Crippen molar-refractivity contribution >= 4 is 17.0 Å². The maximum Gasteiger partial charge on any atom is 0.263 e. The van der Waals surface area contributed by atoms with Gasteiger partial charge in [-0.1, -0.05) is 13.8 Å². The van der Waals surface area contributed by atoms with Crippen LogP contribution in [0, 0.1) is 0 Å². The summed E-state index contributed by atoms with van der Waals surface area (Å²) in [5.74, 6) is 0.351. The minimum atomic E-state index is -0.808. The van der Waals surface area contributed by atoms with E-state index in [1.165, 1.54) is 6.20 Å². The molecule has 2 heterocycles. The molecule has 2 aromatic heterocycles. The molecule has 0 aliphatic heterocycles. The first kappa shape index (κ1) is 16.5. The van der Waals surface area contributed by atoms with E-state index in [4.69, 9.17) is 0 Å². The highest BCUT2D eigenvalue weighted by Crippen LogP contribution is 2.19. The van der Waals surface area contributed by atoms with Gasteiger partial charge in [0, 0.05) is 6.54 Å². The van der Waals surface area contributed by atoms with Gasteiger partial charge in [0.15, 0.2) is 5.65 Å². The number of aromatic nitrogens is 4. The number of aromatic amines is 1. The lowest BCUT2D eigenvalue weighted by Crippen LogP contribution is -2.36. The van der Waals surface area contributed by atoms with Crippen LogP contribution in [-0.4, -0.2) is 37.0 Å². The maximum absolute atomic E-state index is 12.2. The molecule has 7 nitrogen and oxygen atoms in total. The Morgan fingerprint density at radius 1 is 1.32 bits per heavy atom. The van der Waals surface area contributed by atoms with E-state index in [2.05, 4.69) is 20.4 Å². The highest BCUT2D eigenvalue weighted by Gasteiger charge is 2.23. The average Bonchev–Trinajstić information content (AvgIpc) is 2.89. The fourth-order valence-corrected chi connectivity index (χ4v) is 2.24. The van der Waals surface area contributed by atoms with E-state index in [0.29, 0.717) is 36.4 Å². The summed E-state index contributed by atoms with van der Waals surface area (Å²) in [6, 6.07) is 0. The predicted octanol–water partition coefficient (Wildman–Crippen LogP) is 1.84. The van der Waals surface area contributed by atoms with Gasteiger partial charge in [0.1, 0.15) is 5.39 Å². The van der Waals surface area contributed by atoms with Crippen LogP contribution >= 0.6 is 0 Å². The molecule has 22 heavy (non-hydrogen) atoms. The third kappa shape index (κ3) is 3.14. The Morgan fingerprint density at radius 2 is 1.95 bits per heavy atom. The van der Waals surface area contributed by atoms with E-state index >= 15 is 0 Å². The largest absolute Gasteiger partial charge is 0.388 e. The molecule has 0 unspecified atom stereocenters. The third-order valence-electron chi connectivity index (χ3n) is 3.97. The van der Waals surface area contributed by atoms with E-state index < -0.39 is 5.60 Å². The molecular weight excluding hydrogens is 282 g/mol. The van der Waals surface area contributed by atoms with Crippen LogP contribution in [0.2, 0.25) is 0 Å². The van der Waals surface area contributed by atoms with Crippen LogP contribution in [0.1, 0.15) is 47.5 Å². The van der Waals surface area contributed by atoms with Gasteiger partial charge >= 0.3 is 0 Å². The van der Waals surface area contributed by atoms with Crippen molar-refractivity contribution in [1.29, 1.82) is 0 Å². The number of fused-ring (bicyclic) bond motifs is 1. The molecule has 0 radical (unpaired) electrons. The van der Waals surface area contributed by atoms with Gasteiger partial charge in [-0.05, 0) is 33.6 Å². The smallest absolute Gasteiger partial charge is 0.263 e. The SMILES string of the molecule is CCC(O)(CC)CNc1nc2c(cnn2C(C)(C)C)c(=O)[nH]1. The molecule has 0 atom stereocenters. The van der Waals surface area contributed by atoms with Gasteiger partial charge in [0.25, 0.3) is 5.56 Å². The summed E-state index contributed by atoms with van der Waals surface area (Å²) in [4.78, 5) is 19.3. The third-order valence-corrected chi connectivity index (χ3v) is 3.97. The van der Waals surface area contributed by atoms with Crippen molar-refractivity contribution in [2.45, 2.75) is 58.6 Å². The first-order valence-corrected chi connectivity index (χ1v) is 7.65. The highest BCUT2D eigenvalue weighted by atomic mass is 16.3. The number of H-pyrrole nitrogens is 1. The molecule has 0 spiro atoms. The molecule has 0 aliphatic carbocycles. The zero-order valence-electron chi connectivity index (χ0n) is 13.9. The predicted molar refractivity (Wildman–Crippen MR) is 87.2 cm³/mol. The van der Waals surface area contributed by atoms with E-state index in [0.717, 1.165) is 0 Å². The number of nitrogens with one attached hydrogen (secondary N) is 2. The number of nitrogens with zero attached hydrogens (tertiary/aromatic N) is 3. The van der Waals surface area contributed by atoms with Crippen molar-refractivity contribution in [2.24, 2.45) is 0 Å². The van der Waals surface area contributed by atoms with Crippen LogP contribution in [0.3, 0.4) is 0 Å². The highest BCUT2D eigenvalue weighted by molar-refractivity contribution is 5.74. The second-order valence-electron chi connectivity index (χ2n) is 6.66. The molecule has 0 fully saturated rings. The summed E-state index contributed by atoms with van der Waals surface area (Å²) in [7, 11) is 0. The molecule has 0 aliphatic rings. The minimum Gasteiger partial charge on any atom is -0.388 e. The van der Waals surface area contributed by atoms with Gasteiger partial charge in [0.05, 0.1) is 17.3 Å². The molecule has 7 heteroatoms. The zero-order chi connectivity index (χ0) is 16.5. The topological polar surface area (TPSA) is 95.8 Å². The van der Waals surface area contributed by atoms with Crippen LogP contribution in [-0.2, 0) is 5.54 Å². The van der Waals surface area contributed by atoms with E-state index in [-0.39, 0.29) is 11.1 Å². The molecule has 0 aromatic carbocycles. The number of anilines is 1. The number of rotatable bonds is 5. The second kappa shape index (κ2) is 5.72. The Morgan fingerprint density at radius 3 is 2.50 bits per heavy atom. The van der Waals surface area contributed by atoms with Crippen molar-refractivity contribution in [3.05, 3.63) is 16.6 Å². The van der Waals surface area contributed by atoms with Crippen LogP contribution in [0.4, 0.5) is 5.95 Å². The molecule has 0 bridgehead atoms. The van der Waals surface area contributed by atoms with Crippen molar-refractivity contribution in [3.8, 4) is 0 Å². The van der Waals surface area contributed by atoms with Gasteiger partial charge in [-0.2, -0.15) is 10.1 Å². The van der Waals surface area contributed by atoms with Crippen molar-refractivity contribution in [3.63, 3.8) is 0 Å². The molecule has 0 saturated carbocycles. The van der Waals surface area contributed by atoms with Crippen molar-refractivity contribution in [1.82, 2.24) is 19.7 Å². The Labute approximate surface area is 129 Å². The zero-order valence-corrected chi connectivity index (χ0v) is 13.9.